The van der Waals surface area contributed by atoms with Gasteiger partial charge in [0.1, 0.15) is 0 Å². The summed E-state index contributed by atoms with van der Waals surface area (Å²) in [5.41, 5.74) is 7.08. The Kier molecular flexibility index (Phi) is 4.76. The fraction of sp³-hybridized carbons (Fsp3) is 0.500. The number of amides is 1. The summed E-state index contributed by atoms with van der Waals surface area (Å²) >= 11 is 0. The third-order valence-corrected chi connectivity index (χ3v) is 3.34. The fourth-order valence-corrected chi connectivity index (χ4v) is 2.18. The van der Waals surface area contributed by atoms with Gasteiger partial charge in [0.2, 0.25) is 5.91 Å². The van der Waals surface area contributed by atoms with Crippen molar-refractivity contribution in [2.24, 2.45) is 0 Å². The molecular weight excluding hydrogens is 242 g/mol. The molecule has 1 unspecified atom stereocenters. The number of anilines is 2. The van der Waals surface area contributed by atoms with E-state index in [9.17, 15) is 4.79 Å². The van der Waals surface area contributed by atoms with Gasteiger partial charge in [0.25, 0.3) is 0 Å². The van der Waals surface area contributed by atoms with Gasteiger partial charge in [-0.25, -0.2) is 0 Å². The van der Waals surface area contributed by atoms with Gasteiger partial charge < -0.3 is 15.8 Å². The van der Waals surface area contributed by atoms with Gasteiger partial charge in [-0.1, -0.05) is 6.07 Å². The summed E-state index contributed by atoms with van der Waals surface area (Å²) in [4.78, 5) is 14.3. The lowest BCUT2D eigenvalue weighted by Crippen LogP contribution is -2.43. The maximum absolute atomic E-state index is 12.2. The van der Waals surface area contributed by atoms with Crippen LogP contribution in [0, 0.1) is 0 Å². The molecule has 104 valence electrons. The first-order chi connectivity index (χ1) is 9.16. The first-order valence-electron chi connectivity index (χ1n) is 6.65. The third-order valence-electron chi connectivity index (χ3n) is 3.34. The molecule has 1 aromatic rings. The van der Waals surface area contributed by atoms with E-state index >= 15 is 0 Å². The zero-order valence-corrected chi connectivity index (χ0v) is 11.3. The van der Waals surface area contributed by atoms with E-state index in [2.05, 4.69) is 10.2 Å². The number of ether oxygens (including phenoxy) is 1. The lowest BCUT2D eigenvalue weighted by Gasteiger charge is -2.26. The lowest BCUT2D eigenvalue weighted by molar-refractivity contribution is -0.120. The van der Waals surface area contributed by atoms with Gasteiger partial charge in [0.05, 0.1) is 12.6 Å². The standard InChI is InChI=1S/C14H21N3O2/c1-11(17-6-3-8-19-9-7-17)14(18)16-13-5-2-4-12(15)10-13/h2,4-5,10-11H,3,6-9,15H2,1H3,(H,16,18). The number of nitrogens with two attached hydrogens (primary N) is 1. The summed E-state index contributed by atoms with van der Waals surface area (Å²) in [5, 5.41) is 2.90. The van der Waals surface area contributed by atoms with E-state index in [0.717, 1.165) is 31.8 Å². The predicted octanol–water partition coefficient (Wildman–Crippen LogP) is 1.32. The average molecular weight is 263 g/mol. The highest BCUT2D eigenvalue weighted by atomic mass is 16.5. The van der Waals surface area contributed by atoms with Crippen molar-refractivity contribution in [2.45, 2.75) is 19.4 Å². The second-order valence-corrected chi connectivity index (χ2v) is 4.79. The molecule has 1 heterocycles. The highest BCUT2D eigenvalue weighted by molar-refractivity contribution is 5.94. The number of rotatable bonds is 3. The van der Waals surface area contributed by atoms with Crippen molar-refractivity contribution in [3.8, 4) is 0 Å². The molecule has 2 rings (SSSR count). The molecule has 1 aliphatic heterocycles. The minimum atomic E-state index is -0.164. The number of nitrogen functional groups attached to an aromatic ring is 1. The zero-order valence-electron chi connectivity index (χ0n) is 11.3. The predicted molar refractivity (Wildman–Crippen MR) is 76.0 cm³/mol. The molecule has 3 N–H and O–H groups in total. The topological polar surface area (TPSA) is 67.6 Å². The largest absolute Gasteiger partial charge is 0.399 e. The SMILES string of the molecule is CC(C(=O)Nc1cccc(N)c1)N1CCCOCC1. The first kappa shape index (κ1) is 13.8. The Morgan fingerprint density at radius 3 is 3.05 bits per heavy atom. The van der Waals surface area contributed by atoms with Crippen molar-refractivity contribution < 1.29 is 9.53 Å². The van der Waals surface area contributed by atoms with Crippen LogP contribution >= 0.6 is 0 Å². The highest BCUT2D eigenvalue weighted by Crippen LogP contribution is 2.13. The summed E-state index contributed by atoms with van der Waals surface area (Å²) in [6, 6.07) is 7.06. The number of benzene rings is 1. The Morgan fingerprint density at radius 2 is 2.26 bits per heavy atom. The molecule has 0 aromatic heterocycles. The quantitative estimate of drug-likeness (QED) is 0.807. The molecule has 19 heavy (non-hydrogen) atoms. The van der Waals surface area contributed by atoms with Gasteiger partial charge >= 0.3 is 0 Å². The van der Waals surface area contributed by atoms with Crippen molar-refractivity contribution in [3.05, 3.63) is 24.3 Å². The molecule has 0 bridgehead atoms. The van der Waals surface area contributed by atoms with Gasteiger partial charge in [-0.2, -0.15) is 0 Å². The number of nitrogens with zero attached hydrogens (tertiary/aromatic N) is 1. The molecule has 5 nitrogen and oxygen atoms in total. The summed E-state index contributed by atoms with van der Waals surface area (Å²) in [5.74, 6) is -0.00694. The molecule has 1 saturated heterocycles. The average Bonchev–Trinajstić information content (AvgIpc) is 2.66. The maximum atomic E-state index is 12.2. The Labute approximate surface area is 113 Å². The number of nitrogens with one attached hydrogen (secondary N) is 1. The molecular formula is C14H21N3O2. The highest BCUT2D eigenvalue weighted by Gasteiger charge is 2.22. The van der Waals surface area contributed by atoms with Crippen LogP contribution in [-0.4, -0.2) is 43.2 Å². The Balaban J connectivity index is 1.94. The summed E-state index contributed by atoms with van der Waals surface area (Å²) in [7, 11) is 0. The first-order valence-corrected chi connectivity index (χ1v) is 6.65. The van der Waals surface area contributed by atoms with E-state index < -0.39 is 0 Å². The van der Waals surface area contributed by atoms with Crippen LogP contribution in [0.4, 0.5) is 11.4 Å². The molecule has 0 spiro atoms. The number of carbonyl (C=O) groups excluding carboxylic acids is 1. The monoisotopic (exact) mass is 263 g/mol. The van der Waals surface area contributed by atoms with Gasteiger partial charge in [-0.05, 0) is 31.5 Å². The van der Waals surface area contributed by atoms with Crippen LogP contribution in [-0.2, 0) is 9.53 Å². The summed E-state index contributed by atoms with van der Waals surface area (Å²) in [6.07, 6.45) is 0.968. The van der Waals surface area contributed by atoms with Gasteiger partial charge in [0, 0.05) is 31.1 Å². The van der Waals surface area contributed by atoms with E-state index in [0.29, 0.717) is 12.3 Å². The van der Waals surface area contributed by atoms with E-state index in [1.54, 1.807) is 12.1 Å². The summed E-state index contributed by atoms with van der Waals surface area (Å²) in [6.45, 7) is 5.08. The van der Waals surface area contributed by atoms with Crippen molar-refractivity contribution in [1.29, 1.82) is 0 Å². The van der Waals surface area contributed by atoms with Gasteiger partial charge in [-0.15, -0.1) is 0 Å². The van der Waals surface area contributed by atoms with Crippen LogP contribution in [0.25, 0.3) is 0 Å². The minimum Gasteiger partial charge on any atom is -0.399 e. The Bertz CT molecular complexity index is 428. The normalized spacial score (nSPS) is 18.6. The Morgan fingerprint density at radius 1 is 1.42 bits per heavy atom. The number of carbonyl (C=O) groups is 1. The molecule has 0 aliphatic carbocycles. The van der Waals surface area contributed by atoms with Crippen molar-refractivity contribution in [2.75, 3.05) is 37.4 Å². The molecule has 0 radical (unpaired) electrons. The number of hydrogen-bond donors (Lipinski definition) is 2. The van der Waals surface area contributed by atoms with Crippen molar-refractivity contribution in [1.82, 2.24) is 4.90 Å². The second kappa shape index (κ2) is 6.54. The molecule has 1 aliphatic rings. The van der Waals surface area contributed by atoms with E-state index in [4.69, 9.17) is 10.5 Å². The van der Waals surface area contributed by atoms with E-state index in [-0.39, 0.29) is 11.9 Å². The van der Waals surface area contributed by atoms with Gasteiger partial charge in [-0.3, -0.25) is 9.69 Å². The second-order valence-electron chi connectivity index (χ2n) is 4.79. The van der Waals surface area contributed by atoms with Crippen LogP contribution in [0.5, 0.6) is 0 Å². The molecule has 0 saturated carbocycles. The Hall–Kier alpha value is -1.59. The van der Waals surface area contributed by atoms with Crippen LogP contribution < -0.4 is 11.1 Å². The molecule has 1 aromatic carbocycles. The minimum absolute atomic E-state index is 0.00694. The van der Waals surface area contributed by atoms with Gasteiger partial charge in [0.15, 0.2) is 0 Å². The van der Waals surface area contributed by atoms with E-state index in [1.165, 1.54) is 0 Å². The van der Waals surface area contributed by atoms with Crippen molar-refractivity contribution >= 4 is 17.3 Å². The third kappa shape index (κ3) is 3.94. The van der Waals surface area contributed by atoms with Crippen LogP contribution in [0.1, 0.15) is 13.3 Å². The van der Waals surface area contributed by atoms with Crippen LogP contribution in [0.15, 0.2) is 24.3 Å². The number of hydrogen-bond acceptors (Lipinski definition) is 4. The van der Waals surface area contributed by atoms with Crippen LogP contribution in [0.2, 0.25) is 0 Å². The molecule has 1 fully saturated rings. The lowest BCUT2D eigenvalue weighted by atomic mass is 10.2. The van der Waals surface area contributed by atoms with E-state index in [1.807, 2.05) is 19.1 Å². The maximum Gasteiger partial charge on any atom is 0.241 e. The summed E-state index contributed by atoms with van der Waals surface area (Å²) < 4.78 is 5.40. The molecule has 1 atom stereocenters. The van der Waals surface area contributed by atoms with Crippen LogP contribution in [0.3, 0.4) is 0 Å². The fourth-order valence-electron chi connectivity index (χ4n) is 2.18. The zero-order chi connectivity index (χ0) is 13.7. The van der Waals surface area contributed by atoms with Crippen molar-refractivity contribution in [3.63, 3.8) is 0 Å². The smallest absolute Gasteiger partial charge is 0.241 e. The molecule has 1 amide bonds. The molecule has 5 heteroatoms.